The van der Waals surface area contributed by atoms with Gasteiger partial charge < -0.3 is 14.9 Å². The molecule has 2 aromatic carbocycles. The van der Waals surface area contributed by atoms with E-state index in [2.05, 4.69) is 0 Å². The fraction of sp³-hybridized carbons (Fsp3) is 0.250. The van der Waals surface area contributed by atoms with Crippen molar-refractivity contribution in [1.29, 1.82) is 0 Å². The molecule has 100 valence electrons. The van der Waals surface area contributed by atoms with Gasteiger partial charge in [0.25, 0.3) is 0 Å². The highest BCUT2D eigenvalue weighted by Gasteiger charge is 2.11. The molecule has 3 nitrogen and oxygen atoms in total. The summed E-state index contributed by atoms with van der Waals surface area (Å²) in [6, 6.07) is 10.4. The van der Waals surface area contributed by atoms with Crippen molar-refractivity contribution < 1.29 is 14.9 Å². The van der Waals surface area contributed by atoms with Crippen LogP contribution in [0.25, 0.3) is 0 Å². The first-order valence-corrected chi connectivity index (χ1v) is 6.46. The average molecular weight is 258 g/mol. The van der Waals surface area contributed by atoms with Gasteiger partial charge in [0.05, 0.1) is 0 Å². The van der Waals surface area contributed by atoms with E-state index in [1.807, 2.05) is 26.0 Å². The molecule has 2 rings (SSSR count). The van der Waals surface area contributed by atoms with Crippen molar-refractivity contribution in [3.05, 3.63) is 47.5 Å². The molecule has 2 N–H and O–H groups in total. The van der Waals surface area contributed by atoms with Gasteiger partial charge in [-0.05, 0) is 37.1 Å². The molecule has 0 amide bonds. The van der Waals surface area contributed by atoms with Gasteiger partial charge in [-0.2, -0.15) is 0 Å². The summed E-state index contributed by atoms with van der Waals surface area (Å²) in [5, 5.41) is 19.6. The molecule has 0 unspecified atom stereocenters. The molecule has 0 aliphatic rings. The van der Waals surface area contributed by atoms with E-state index in [9.17, 15) is 10.2 Å². The molecule has 0 aliphatic heterocycles. The van der Waals surface area contributed by atoms with Crippen LogP contribution in [-0.4, -0.2) is 10.2 Å². The monoisotopic (exact) mass is 258 g/mol. The molecule has 0 bridgehead atoms. The van der Waals surface area contributed by atoms with Gasteiger partial charge in [-0.1, -0.05) is 26.0 Å². The van der Waals surface area contributed by atoms with Crippen LogP contribution in [-0.2, 0) is 12.8 Å². The maximum absolute atomic E-state index is 9.82. The third-order valence-electron chi connectivity index (χ3n) is 3.14. The standard InChI is InChI=1S/C16H18O3/c1-3-11-13(17)7-5-9-15(11)19-16-10-6-8-14(18)12(16)4-2/h5-10,17-18H,3-4H2,1-2H3. The highest BCUT2D eigenvalue weighted by atomic mass is 16.5. The zero-order chi connectivity index (χ0) is 13.8. The summed E-state index contributed by atoms with van der Waals surface area (Å²) < 4.78 is 5.86. The van der Waals surface area contributed by atoms with Crippen molar-refractivity contribution in [2.75, 3.05) is 0 Å². The van der Waals surface area contributed by atoms with Crippen LogP contribution < -0.4 is 4.74 Å². The number of ether oxygens (including phenoxy) is 1. The Morgan fingerprint density at radius 3 is 1.58 bits per heavy atom. The molecule has 0 aliphatic carbocycles. The lowest BCUT2D eigenvalue weighted by Gasteiger charge is -2.14. The number of benzene rings is 2. The maximum Gasteiger partial charge on any atom is 0.134 e. The summed E-state index contributed by atoms with van der Waals surface area (Å²) in [4.78, 5) is 0. The topological polar surface area (TPSA) is 49.7 Å². The van der Waals surface area contributed by atoms with Crippen LogP contribution in [0.1, 0.15) is 25.0 Å². The Kier molecular flexibility index (Phi) is 3.95. The van der Waals surface area contributed by atoms with E-state index in [-0.39, 0.29) is 11.5 Å². The molecular weight excluding hydrogens is 240 g/mol. The van der Waals surface area contributed by atoms with Crippen LogP contribution in [0.5, 0.6) is 23.0 Å². The molecule has 2 aromatic rings. The minimum Gasteiger partial charge on any atom is -0.508 e. The summed E-state index contributed by atoms with van der Waals surface area (Å²) >= 11 is 0. The van der Waals surface area contributed by atoms with Crippen molar-refractivity contribution in [2.24, 2.45) is 0 Å². The van der Waals surface area contributed by atoms with Gasteiger partial charge in [-0.3, -0.25) is 0 Å². The van der Waals surface area contributed by atoms with Crippen molar-refractivity contribution in [1.82, 2.24) is 0 Å². The molecule has 0 atom stereocenters. The van der Waals surface area contributed by atoms with E-state index < -0.39 is 0 Å². The Balaban J connectivity index is 2.42. The van der Waals surface area contributed by atoms with Gasteiger partial charge in [-0.15, -0.1) is 0 Å². The minimum absolute atomic E-state index is 0.234. The van der Waals surface area contributed by atoms with Crippen LogP contribution in [0.4, 0.5) is 0 Å². The lowest BCUT2D eigenvalue weighted by atomic mass is 10.1. The molecule has 0 spiro atoms. The SMILES string of the molecule is CCc1c(O)cccc1Oc1cccc(O)c1CC. The van der Waals surface area contributed by atoms with E-state index in [0.717, 1.165) is 11.1 Å². The molecule has 0 radical (unpaired) electrons. The predicted octanol–water partition coefficient (Wildman–Crippen LogP) is 4.01. The van der Waals surface area contributed by atoms with Crippen LogP contribution in [0.2, 0.25) is 0 Å². The fourth-order valence-electron chi connectivity index (χ4n) is 2.13. The Morgan fingerprint density at radius 1 is 0.789 bits per heavy atom. The quantitative estimate of drug-likeness (QED) is 0.871. The van der Waals surface area contributed by atoms with E-state index in [4.69, 9.17) is 4.74 Å². The van der Waals surface area contributed by atoms with E-state index >= 15 is 0 Å². The number of hydrogen-bond donors (Lipinski definition) is 2. The molecule has 0 heterocycles. The first-order valence-electron chi connectivity index (χ1n) is 6.46. The summed E-state index contributed by atoms with van der Waals surface area (Å²) in [6.45, 7) is 3.93. The smallest absolute Gasteiger partial charge is 0.134 e. The fourth-order valence-corrected chi connectivity index (χ4v) is 2.13. The molecule has 3 heteroatoms. The Hall–Kier alpha value is -2.16. The van der Waals surface area contributed by atoms with E-state index in [0.29, 0.717) is 24.3 Å². The average Bonchev–Trinajstić information content (AvgIpc) is 2.39. The highest BCUT2D eigenvalue weighted by Crippen LogP contribution is 2.35. The second kappa shape index (κ2) is 5.65. The lowest BCUT2D eigenvalue weighted by molar-refractivity contribution is 0.432. The number of rotatable bonds is 4. The number of aromatic hydroxyl groups is 2. The lowest BCUT2D eigenvalue weighted by Crippen LogP contribution is -1.94. The second-order valence-corrected chi connectivity index (χ2v) is 4.32. The molecule has 0 aromatic heterocycles. The predicted molar refractivity (Wildman–Crippen MR) is 75.0 cm³/mol. The Bertz CT molecular complexity index is 525. The largest absolute Gasteiger partial charge is 0.508 e. The van der Waals surface area contributed by atoms with E-state index in [1.165, 1.54) is 0 Å². The van der Waals surface area contributed by atoms with Crippen LogP contribution in [0.15, 0.2) is 36.4 Å². The normalized spacial score (nSPS) is 10.4. The Labute approximate surface area is 113 Å². The first-order chi connectivity index (χ1) is 9.17. The first kappa shape index (κ1) is 13.3. The van der Waals surface area contributed by atoms with Crippen LogP contribution in [0, 0.1) is 0 Å². The van der Waals surface area contributed by atoms with Crippen LogP contribution >= 0.6 is 0 Å². The molecule has 19 heavy (non-hydrogen) atoms. The zero-order valence-electron chi connectivity index (χ0n) is 11.2. The summed E-state index contributed by atoms with van der Waals surface area (Å²) in [5.74, 6) is 1.72. The number of hydrogen-bond acceptors (Lipinski definition) is 3. The third kappa shape index (κ3) is 2.65. The van der Waals surface area contributed by atoms with Gasteiger partial charge in [0.15, 0.2) is 0 Å². The van der Waals surface area contributed by atoms with Gasteiger partial charge in [-0.25, -0.2) is 0 Å². The van der Waals surface area contributed by atoms with Gasteiger partial charge in [0.1, 0.15) is 23.0 Å². The van der Waals surface area contributed by atoms with Crippen LogP contribution in [0.3, 0.4) is 0 Å². The third-order valence-corrected chi connectivity index (χ3v) is 3.14. The van der Waals surface area contributed by atoms with Crippen molar-refractivity contribution in [3.8, 4) is 23.0 Å². The van der Waals surface area contributed by atoms with Crippen molar-refractivity contribution in [2.45, 2.75) is 26.7 Å². The Morgan fingerprint density at radius 2 is 1.21 bits per heavy atom. The van der Waals surface area contributed by atoms with E-state index in [1.54, 1.807) is 24.3 Å². The number of phenolic OH excluding ortho intramolecular Hbond substituents is 2. The van der Waals surface area contributed by atoms with Crippen molar-refractivity contribution in [3.63, 3.8) is 0 Å². The number of phenols is 2. The highest BCUT2D eigenvalue weighted by molar-refractivity contribution is 5.50. The summed E-state index contributed by atoms with van der Waals surface area (Å²) in [5.41, 5.74) is 1.54. The maximum atomic E-state index is 9.82. The van der Waals surface area contributed by atoms with Gasteiger partial charge in [0.2, 0.25) is 0 Å². The molecule has 0 fully saturated rings. The molecule has 0 saturated carbocycles. The second-order valence-electron chi connectivity index (χ2n) is 4.32. The van der Waals surface area contributed by atoms with Gasteiger partial charge >= 0.3 is 0 Å². The molecule has 0 saturated heterocycles. The van der Waals surface area contributed by atoms with Crippen molar-refractivity contribution >= 4 is 0 Å². The summed E-state index contributed by atoms with van der Waals surface area (Å²) in [6.07, 6.45) is 1.37. The molecular formula is C16H18O3. The van der Waals surface area contributed by atoms with Gasteiger partial charge in [0, 0.05) is 11.1 Å². The minimum atomic E-state index is 0.234. The summed E-state index contributed by atoms with van der Waals surface area (Å²) in [7, 11) is 0. The zero-order valence-corrected chi connectivity index (χ0v) is 11.2.